The number of hydrogen-bond donors (Lipinski definition) is 1. The summed E-state index contributed by atoms with van der Waals surface area (Å²) in [6.45, 7) is 0.256. The van der Waals surface area contributed by atoms with E-state index in [4.69, 9.17) is 5.11 Å². The van der Waals surface area contributed by atoms with Crippen LogP contribution in [-0.2, 0) is 12.8 Å². The quantitative estimate of drug-likeness (QED) is 0.779. The zero-order chi connectivity index (χ0) is 9.10. The molecule has 70 valence electrons. The second-order valence-corrected chi connectivity index (χ2v) is 4.50. The third-order valence-corrected chi connectivity index (χ3v) is 3.58. The van der Waals surface area contributed by atoms with Gasteiger partial charge in [0.2, 0.25) is 0 Å². The van der Waals surface area contributed by atoms with E-state index in [-0.39, 0.29) is 6.61 Å². The van der Waals surface area contributed by atoms with Crippen LogP contribution in [0.2, 0.25) is 0 Å². The number of rotatable bonds is 2. The Bertz CT molecular complexity index is 296. The van der Waals surface area contributed by atoms with Crippen molar-refractivity contribution in [2.45, 2.75) is 24.2 Å². The largest absolute Gasteiger partial charge is 0.396 e. The number of thioether (sulfide) groups is 1. The number of aliphatic hydroxyl groups is 1. The van der Waals surface area contributed by atoms with E-state index in [1.165, 1.54) is 34.6 Å². The summed E-state index contributed by atoms with van der Waals surface area (Å²) in [7, 11) is 0. The molecule has 0 amide bonds. The molecular formula is C11H14OS. The average Bonchev–Trinajstić information content (AvgIpc) is 2.18. The van der Waals surface area contributed by atoms with E-state index in [0.29, 0.717) is 0 Å². The lowest BCUT2D eigenvalue weighted by atomic mass is 10.0. The van der Waals surface area contributed by atoms with Crippen LogP contribution in [0.1, 0.15) is 17.5 Å². The molecule has 1 aromatic carbocycles. The zero-order valence-corrected chi connectivity index (χ0v) is 8.44. The van der Waals surface area contributed by atoms with Crippen molar-refractivity contribution < 1.29 is 5.11 Å². The molecular weight excluding hydrogens is 180 g/mol. The summed E-state index contributed by atoms with van der Waals surface area (Å²) in [4.78, 5) is 1.44. The maximum atomic E-state index is 8.82. The van der Waals surface area contributed by atoms with Crippen LogP contribution in [0.5, 0.6) is 0 Å². The molecule has 2 rings (SSSR count). The van der Waals surface area contributed by atoms with Gasteiger partial charge in [0, 0.05) is 11.5 Å². The summed E-state index contributed by atoms with van der Waals surface area (Å²) < 4.78 is 0. The summed E-state index contributed by atoms with van der Waals surface area (Å²) >= 11 is 1.95. The van der Waals surface area contributed by atoms with E-state index in [1.807, 2.05) is 11.8 Å². The molecule has 2 heteroatoms. The highest BCUT2D eigenvalue weighted by Gasteiger charge is 2.09. The first-order chi connectivity index (χ1) is 6.40. The molecule has 0 atom stereocenters. The van der Waals surface area contributed by atoms with Gasteiger partial charge in [-0.05, 0) is 42.2 Å². The van der Waals surface area contributed by atoms with E-state index in [2.05, 4.69) is 18.2 Å². The van der Waals surface area contributed by atoms with Crippen LogP contribution >= 0.6 is 11.8 Å². The van der Waals surface area contributed by atoms with Gasteiger partial charge in [-0.3, -0.25) is 0 Å². The Labute approximate surface area is 83.2 Å². The molecule has 0 radical (unpaired) electrons. The molecule has 1 N–H and O–H groups in total. The number of hydrogen-bond acceptors (Lipinski definition) is 2. The van der Waals surface area contributed by atoms with Gasteiger partial charge in [0.15, 0.2) is 0 Å². The number of aliphatic hydroxyl groups excluding tert-OH is 1. The van der Waals surface area contributed by atoms with Crippen molar-refractivity contribution in [2.24, 2.45) is 0 Å². The Balaban J connectivity index is 2.24. The van der Waals surface area contributed by atoms with Gasteiger partial charge in [0.1, 0.15) is 0 Å². The third kappa shape index (κ3) is 2.06. The lowest BCUT2D eigenvalue weighted by molar-refractivity contribution is 0.299. The van der Waals surface area contributed by atoms with E-state index in [9.17, 15) is 0 Å². The van der Waals surface area contributed by atoms with Crippen LogP contribution in [0.25, 0.3) is 0 Å². The first kappa shape index (κ1) is 9.10. The van der Waals surface area contributed by atoms with Crippen LogP contribution in [0.4, 0.5) is 0 Å². The molecule has 0 saturated heterocycles. The van der Waals surface area contributed by atoms with Gasteiger partial charge in [0.05, 0.1) is 0 Å². The van der Waals surface area contributed by atoms with Crippen LogP contribution in [0.15, 0.2) is 23.1 Å². The monoisotopic (exact) mass is 194 g/mol. The number of benzene rings is 1. The van der Waals surface area contributed by atoms with Gasteiger partial charge in [-0.25, -0.2) is 0 Å². The fourth-order valence-electron chi connectivity index (χ4n) is 1.70. The van der Waals surface area contributed by atoms with Crippen LogP contribution in [-0.4, -0.2) is 17.5 Å². The molecule has 0 spiro atoms. The Kier molecular flexibility index (Phi) is 2.91. The lowest BCUT2D eigenvalue weighted by Gasteiger charge is -2.15. The van der Waals surface area contributed by atoms with E-state index in [1.54, 1.807) is 0 Å². The first-order valence-corrected chi connectivity index (χ1v) is 5.74. The average molecular weight is 194 g/mol. The van der Waals surface area contributed by atoms with Crippen LogP contribution in [0.3, 0.4) is 0 Å². The number of fused-ring (bicyclic) bond motifs is 1. The van der Waals surface area contributed by atoms with Crippen molar-refractivity contribution in [3.05, 3.63) is 29.3 Å². The second kappa shape index (κ2) is 4.16. The standard InChI is InChI=1S/C11H14OS/c12-6-5-9-3-4-11-10(8-9)2-1-7-13-11/h3-4,8,12H,1-2,5-7H2. The van der Waals surface area contributed by atoms with Gasteiger partial charge >= 0.3 is 0 Å². The Hall–Kier alpha value is -0.470. The van der Waals surface area contributed by atoms with Gasteiger partial charge in [-0.15, -0.1) is 11.8 Å². The minimum absolute atomic E-state index is 0.256. The Morgan fingerprint density at radius 1 is 1.38 bits per heavy atom. The van der Waals surface area contributed by atoms with E-state index >= 15 is 0 Å². The van der Waals surface area contributed by atoms with Crippen molar-refractivity contribution in [3.63, 3.8) is 0 Å². The molecule has 1 aromatic rings. The molecule has 0 aromatic heterocycles. The second-order valence-electron chi connectivity index (χ2n) is 3.37. The van der Waals surface area contributed by atoms with E-state index < -0.39 is 0 Å². The normalized spacial score (nSPS) is 15.5. The van der Waals surface area contributed by atoms with Crippen molar-refractivity contribution >= 4 is 11.8 Å². The molecule has 0 bridgehead atoms. The third-order valence-electron chi connectivity index (χ3n) is 2.37. The highest BCUT2D eigenvalue weighted by atomic mass is 32.2. The maximum Gasteiger partial charge on any atom is 0.0471 e. The molecule has 0 fully saturated rings. The smallest absolute Gasteiger partial charge is 0.0471 e. The van der Waals surface area contributed by atoms with Crippen molar-refractivity contribution in [1.82, 2.24) is 0 Å². The Morgan fingerprint density at radius 3 is 3.15 bits per heavy atom. The minimum atomic E-state index is 0.256. The molecule has 1 heterocycles. The molecule has 13 heavy (non-hydrogen) atoms. The van der Waals surface area contributed by atoms with Crippen molar-refractivity contribution in [1.29, 1.82) is 0 Å². The number of aryl methyl sites for hydroxylation is 1. The Morgan fingerprint density at radius 2 is 2.31 bits per heavy atom. The van der Waals surface area contributed by atoms with Crippen LogP contribution in [0, 0.1) is 0 Å². The van der Waals surface area contributed by atoms with Gasteiger partial charge in [0.25, 0.3) is 0 Å². The molecule has 0 aliphatic carbocycles. The maximum absolute atomic E-state index is 8.82. The molecule has 1 nitrogen and oxygen atoms in total. The predicted octanol–water partition coefficient (Wildman–Crippen LogP) is 2.26. The first-order valence-electron chi connectivity index (χ1n) is 4.75. The molecule has 0 unspecified atom stereocenters. The summed E-state index contributed by atoms with van der Waals surface area (Å²) in [6, 6.07) is 6.58. The van der Waals surface area contributed by atoms with Gasteiger partial charge < -0.3 is 5.11 Å². The zero-order valence-electron chi connectivity index (χ0n) is 7.62. The molecule has 1 aliphatic rings. The predicted molar refractivity (Wildman–Crippen MR) is 56.3 cm³/mol. The van der Waals surface area contributed by atoms with Crippen molar-refractivity contribution in [3.8, 4) is 0 Å². The van der Waals surface area contributed by atoms with Crippen LogP contribution < -0.4 is 0 Å². The fourth-order valence-corrected chi connectivity index (χ4v) is 2.72. The summed E-state index contributed by atoms with van der Waals surface area (Å²) in [5.41, 5.74) is 2.74. The summed E-state index contributed by atoms with van der Waals surface area (Å²) in [5.74, 6) is 1.26. The minimum Gasteiger partial charge on any atom is -0.396 e. The highest BCUT2D eigenvalue weighted by Crippen LogP contribution is 2.30. The summed E-state index contributed by atoms with van der Waals surface area (Å²) in [5, 5.41) is 8.82. The molecule has 1 aliphatic heterocycles. The topological polar surface area (TPSA) is 20.2 Å². The SMILES string of the molecule is OCCc1ccc2c(c1)CCCS2. The van der Waals surface area contributed by atoms with Gasteiger partial charge in [-0.2, -0.15) is 0 Å². The summed E-state index contributed by atoms with van der Waals surface area (Å²) in [6.07, 6.45) is 3.29. The molecule has 0 saturated carbocycles. The highest BCUT2D eigenvalue weighted by molar-refractivity contribution is 7.99. The van der Waals surface area contributed by atoms with Crippen molar-refractivity contribution in [2.75, 3.05) is 12.4 Å². The fraction of sp³-hybridized carbons (Fsp3) is 0.455. The van der Waals surface area contributed by atoms with Gasteiger partial charge in [-0.1, -0.05) is 12.1 Å². The lowest BCUT2D eigenvalue weighted by Crippen LogP contribution is -2.00. The van der Waals surface area contributed by atoms with E-state index in [0.717, 1.165) is 6.42 Å².